The SMILES string of the molecule is O=S(=O)(C1=CCC2(CC1)OCCO2)C(F)(F)F. The number of sulfone groups is 1. The van der Waals surface area contributed by atoms with E-state index in [9.17, 15) is 21.6 Å². The van der Waals surface area contributed by atoms with Crippen molar-refractivity contribution in [3.8, 4) is 0 Å². The van der Waals surface area contributed by atoms with Crippen LogP contribution in [0.25, 0.3) is 0 Å². The summed E-state index contributed by atoms with van der Waals surface area (Å²) in [6.07, 6.45) is 1.02. The molecule has 0 aromatic carbocycles. The van der Waals surface area contributed by atoms with E-state index >= 15 is 0 Å². The maximum atomic E-state index is 12.3. The van der Waals surface area contributed by atoms with Gasteiger partial charge >= 0.3 is 5.51 Å². The summed E-state index contributed by atoms with van der Waals surface area (Å²) in [5.74, 6) is -0.912. The topological polar surface area (TPSA) is 52.6 Å². The van der Waals surface area contributed by atoms with Gasteiger partial charge in [0.2, 0.25) is 0 Å². The second-order valence-electron chi connectivity index (χ2n) is 3.93. The van der Waals surface area contributed by atoms with Crippen LogP contribution in [0.15, 0.2) is 11.0 Å². The lowest BCUT2D eigenvalue weighted by Gasteiger charge is -2.30. The summed E-state index contributed by atoms with van der Waals surface area (Å²) in [6.45, 7) is 0.768. The van der Waals surface area contributed by atoms with Gasteiger partial charge in [0.15, 0.2) is 5.79 Å². The van der Waals surface area contributed by atoms with Crippen molar-refractivity contribution in [1.29, 1.82) is 0 Å². The monoisotopic (exact) mass is 272 g/mol. The average Bonchev–Trinajstić information content (AvgIpc) is 2.65. The standard InChI is InChI=1S/C9H11F3O4S/c10-9(11,12)17(13,14)7-1-3-8(4-2-7)15-5-6-16-8/h1H,2-6H2. The number of hydrogen-bond donors (Lipinski definition) is 0. The molecular formula is C9H11F3O4S. The van der Waals surface area contributed by atoms with Crippen LogP contribution in [-0.4, -0.2) is 32.9 Å². The summed E-state index contributed by atoms with van der Waals surface area (Å²) in [5, 5.41) is 0. The lowest BCUT2D eigenvalue weighted by Crippen LogP contribution is -2.34. The predicted octanol–water partition coefficient (Wildman–Crippen LogP) is 1.73. The molecule has 0 amide bonds. The summed E-state index contributed by atoms with van der Waals surface area (Å²) < 4.78 is 69.7. The first-order chi connectivity index (χ1) is 7.77. The highest BCUT2D eigenvalue weighted by molar-refractivity contribution is 7.96. The summed E-state index contributed by atoms with van der Waals surface area (Å²) in [6, 6.07) is 0. The molecule has 0 unspecified atom stereocenters. The molecule has 1 spiro atoms. The fourth-order valence-electron chi connectivity index (χ4n) is 1.94. The molecule has 2 aliphatic rings. The van der Waals surface area contributed by atoms with Crippen molar-refractivity contribution < 1.29 is 31.1 Å². The molecule has 0 aromatic heterocycles. The van der Waals surface area contributed by atoms with Gasteiger partial charge in [-0.05, 0) is 6.42 Å². The Labute approximate surface area is 96.3 Å². The van der Waals surface area contributed by atoms with Gasteiger partial charge in [-0.1, -0.05) is 6.08 Å². The Morgan fingerprint density at radius 2 is 1.82 bits per heavy atom. The van der Waals surface area contributed by atoms with E-state index in [1.807, 2.05) is 0 Å². The van der Waals surface area contributed by atoms with Crippen molar-refractivity contribution in [3.05, 3.63) is 11.0 Å². The Morgan fingerprint density at radius 1 is 1.24 bits per heavy atom. The molecule has 1 saturated heterocycles. The van der Waals surface area contributed by atoms with Crippen molar-refractivity contribution in [2.24, 2.45) is 0 Å². The van der Waals surface area contributed by atoms with Gasteiger partial charge < -0.3 is 9.47 Å². The zero-order chi connectivity index (χ0) is 12.7. The van der Waals surface area contributed by atoms with E-state index in [0.29, 0.717) is 13.2 Å². The number of halogens is 3. The lowest BCUT2D eigenvalue weighted by molar-refractivity contribution is -0.161. The molecule has 2 rings (SSSR count). The second-order valence-corrected chi connectivity index (χ2v) is 5.93. The van der Waals surface area contributed by atoms with Crippen LogP contribution in [0.5, 0.6) is 0 Å². The van der Waals surface area contributed by atoms with E-state index in [2.05, 4.69) is 0 Å². The first-order valence-electron chi connectivity index (χ1n) is 5.05. The van der Waals surface area contributed by atoms with Crippen LogP contribution in [0, 0.1) is 0 Å². The quantitative estimate of drug-likeness (QED) is 0.729. The van der Waals surface area contributed by atoms with Crippen molar-refractivity contribution in [2.45, 2.75) is 30.6 Å². The van der Waals surface area contributed by atoms with Gasteiger partial charge in [-0.3, -0.25) is 0 Å². The molecule has 0 atom stereocenters. The Hall–Kier alpha value is -0.600. The van der Waals surface area contributed by atoms with Crippen LogP contribution in [0.1, 0.15) is 19.3 Å². The molecule has 1 aliphatic heterocycles. The van der Waals surface area contributed by atoms with Gasteiger partial charge in [-0.2, -0.15) is 13.2 Å². The molecule has 0 N–H and O–H groups in total. The largest absolute Gasteiger partial charge is 0.501 e. The third-order valence-electron chi connectivity index (χ3n) is 2.86. The van der Waals surface area contributed by atoms with E-state index in [4.69, 9.17) is 9.47 Å². The molecule has 4 nitrogen and oxygen atoms in total. The number of ether oxygens (including phenoxy) is 2. The van der Waals surface area contributed by atoms with Crippen molar-refractivity contribution in [1.82, 2.24) is 0 Å². The Balaban J connectivity index is 2.19. The van der Waals surface area contributed by atoms with Crippen LogP contribution < -0.4 is 0 Å². The molecule has 0 bridgehead atoms. The van der Waals surface area contributed by atoms with E-state index in [0.717, 1.165) is 6.08 Å². The second kappa shape index (κ2) is 3.96. The summed E-state index contributed by atoms with van der Waals surface area (Å²) in [5.41, 5.74) is -5.24. The molecule has 17 heavy (non-hydrogen) atoms. The number of hydrogen-bond acceptors (Lipinski definition) is 4. The minimum absolute atomic E-state index is 0.0393. The first-order valence-corrected chi connectivity index (χ1v) is 6.53. The molecule has 0 radical (unpaired) electrons. The summed E-state index contributed by atoms with van der Waals surface area (Å²) in [4.78, 5) is -0.588. The molecule has 1 fully saturated rings. The third kappa shape index (κ3) is 2.21. The van der Waals surface area contributed by atoms with E-state index in [1.54, 1.807) is 0 Å². The molecule has 0 aromatic rings. The molecular weight excluding hydrogens is 261 g/mol. The van der Waals surface area contributed by atoms with E-state index in [1.165, 1.54) is 0 Å². The zero-order valence-electron chi connectivity index (χ0n) is 8.79. The maximum absolute atomic E-state index is 12.3. The van der Waals surface area contributed by atoms with Crippen LogP contribution in [0.2, 0.25) is 0 Å². The van der Waals surface area contributed by atoms with Crippen LogP contribution in [0.4, 0.5) is 13.2 Å². The Bertz CT molecular complexity index is 432. The van der Waals surface area contributed by atoms with E-state index < -0.39 is 26.0 Å². The van der Waals surface area contributed by atoms with Gasteiger partial charge in [-0.15, -0.1) is 0 Å². The minimum atomic E-state index is -5.24. The highest BCUT2D eigenvalue weighted by atomic mass is 32.2. The van der Waals surface area contributed by atoms with Gasteiger partial charge in [0.05, 0.1) is 18.1 Å². The Morgan fingerprint density at radius 3 is 2.24 bits per heavy atom. The molecule has 1 heterocycles. The molecule has 0 saturated carbocycles. The van der Waals surface area contributed by atoms with Gasteiger partial charge in [0, 0.05) is 12.8 Å². The fourth-order valence-corrected chi connectivity index (χ4v) is 2.91. The van der Waals surface area contributed by atoms with Gasteiger partial charge in [0.1, 0.15) is 0 Å². The normalized spacial score (nSPS) is 25.0. The van der Waals surface area contributed by atoms with E-state index in [-0.39, 0.29) is 19.3 Å². The molecule has 8 heteroatoms. The van der Waals surface area contributed by atoms with Gasteiger partial charge in [0.25, 0.3) is 9.84 Å². The first kappa shape index (κ1) is 12.8. The van der Waals surface area contributed by atoms with Crippen LogP contribution in [0.3, 0.4) is 0 Å². The number of allylic oxidation sites excluding steroid dienone is 1. The molecule has 98 valence electrons. The smallest absolute Gasteiger partial charge is 0.347 e. The predicted molar refractivity (Wildman–Crippen MR) is 51.5 cm³/mol. The van der Waals surface area contributed by atoms with Crippen LogP contribution >= 0.6 is 0 Å². The highest BCUT2D eigenvalue weighted by Crippen LogP contribution is 2.40. The van der Waals surface area contributed by atoms with Crippen molar-refractivity contribution in [2.75, 3.05) is 13.2 Å². The van der Waals surface area contributed by atoms with Gasteiger partial charge in [-0.25, -0.2) is 8.42 Å². The number of alkyl halides is 3. The summed E-state index contributed by atoms with van der Waals surface area (Å²) >= 11 is 0. The van der Waals surface area contributed by atoms with Crippen LogP contribution in [-0.2, 0) is 19.3 Å². The van der Waals surface area contributed by atoms with Crippen molar-refractivity contribution >= 4 is 9.84 Å². The lowest BCUT2D eigenvalue weighted by atomic mass is 10.0. The third-order valence-corrected chi connectivity index (χ3v) is 4.53. The fraction of sp³-hybridized carbons (Fsp3) is 0.778. The maximum Gasteiger partial charge on any atom is 0.501 e. The zero-order valence-corrected chi connectivity index (χ0v) is 9.60. The molecule has 1 aliphatic carbocycles. The van der Waals surface area contributed by atoms with Crippen molar-refractivity contribution in [3.63, 3.8) is 0 Å². The number of rotatable bonds is 1. The minimum Gasteiger partial charge on any atom is -0.347 e. The Kier molecular flexibility index (Phi) is 2.99. The highest BCUT2D eigenvalue weighted by Gasteiger charge is 2.50. The average molecular weight is 272 g/mol. The summed E-state index contributed by atoms with van der Waals surface area (Å²) in [7, 11) is -5.20.